The highest BCUT2D eigenvalue weighted by atomic mass is 16.9. The van der Waals surface area contributed by atoms with Gasteiger partial charge in [0.25, 0.3) is 5.91 Å². The third kappa shape index (κ3) is 5.34. The molecular formula is C25H31BN4O7. The molecule has 0 spiro atoms. The lowest BCUT2D eigenvalue weighted by Gasteiger charge is -2.39. The van der Waals surface area contributed by atoms with Crippen LogP contribution in [-0.4, -0.2) is 64.7 Å². The summed E-state index contributed by atoms with van der Waals surface area (Å²) in [7, 11) is 0. The first-order valence-corrected chi connectivity index (χ1v) is 12.3. The number of carbonyl (C=O) groups is 4. The first-order chi connectivity index (χ1) is 17.6. The summed E-state index contributed by atoms with van der Waals surface area (Å²) in [6, 6.07) is 8.23. The number of hydrogen-bond donors (Lipinski definition) is 2. The van der Waals surface area contributed by atoms with Crippen molar-refractivity contribution in [3.8, 4) is 0 Å². The second-order valence-electron chi connectivity index (χ2n) is 9.81. The molecule has 2 saturated heterocycles. The first-order valence-electron chi connectivity index (χ1n) is 12.3. The van der Waals surface area contributed by atoms with Crippen molar-refractivity contribution >= 4 is 30.5 Å². The average molecular weight is 510 g/mol. The molecule has 0 saturated carbocycles. The van der Waals surface area contributed by atoms with E-state index in [-0.39, 0.29) is 18.0 Å². The maximum Gasteiger partial charge on any atom is 0.706 e. The number of nitrogens with one attached hydrogen (secondary N) is 2. The maximum absolute atomic E-state index is 13.7. The highest BCUT2D eigenvalue weighted by Crippen LogP contribution is 2.42. The van der Waals surface area contributed by atoms with Gasteiger partial charge in [0.15, 0.2) is 0 Å². The van der Waals surface area contributed by atoms with Crippen molar-refractivity contribution in [2.75, 3.05) is 0 Å². The molecule has 0 bridgehead atoms. The van der Waals surface area contributed by atoms with Crippen LogP contribution >= 0.6 is 0 Å². The summed E-state index contributed by atoms with van der Waals surface area (Å²) < 4.78 is 14.1. The SMILES string of the molecule is CC(C)C[C@H](NC(=O)[C@H](Cc1ccccc1)NC(=O)c1cnccn1)[B-]12OC(=O)[C@@H](C)[O+]1[C@H](C)C(=O)O2. The molecule has 4 rings (SSSR count). The fraction of sp³-hybridized carbons (Fsp3) is 0.440. The van der Waals surface area contributed by atoms with Crippen LogP contribution in [0.3, 0.4) is 0 Å². The van der Waals surface area contributed by atoms with Gasteiger partial charge >= 0.3 is 18.7 Å². The lowest BCUT2D eigenvalue weighted by molar-refractivity contribution is -0.154. The molecule has 11 nitrogen and oxygen atoms in total. The first kappa shape index (κ1) is 26.3. The highest BCUT2D eigenvalue weighted by molar-refractivity contribution is 6.70. The molecule has 0 radical (unpaired) electrons. The summed E-state index contributed by atoms with van der Waals surface area (Å²) in [6.45, 7) is 4.40. The predicted octanol–water partition coefficient (Wildman–Crippen LogP) is 1.27. The van der Waals surface area contributed by atoms with Crippen LogP contribution < -0.4 is 10.6 Å². The quantitative estimate of drug-likeness (QED) is 0.380. The van der Waals surface area contributed by atoms with Gasteiger partial charge in [-0.1, -0.05) is 44.2 Å². The van der Waals surface area contributed by atoms with Gasteiger partial charge in [-0.25, -0.2) is 14.6 Å². The Morgan fingerprint density at radius 1 is 1.03 bits per heavy atom. The standard InChI is InChI=1S/C25H31BN4O7/c1-15(2)12-21(26-35-24(33)16(3)37(26)17(4)25(34)36-26)30-22(31)19(13-18-8-6-5-7-9-18)29-23(32)20-14-27-10-11-28-20/h5-11,14-17,19,21H,12-13H2,1-4H3,(H,29,32)(H,30,31)/t16-,17-,19+,21+/m1/s1. The Hall–Kier alpha value is -3.80. The molecule has 2 aliphatic rings. The van der Waals surface area contributed by atoms with Crippen molar-refractivity contribution in [1.29, 1.82) is 0 Å². The molecule has 37 heavy (non-hydrogen) atoms. The molecule has 196 valence electrons. The fourth-order valence-electron chi connectivity index (χ4n) is 4.93. The van der Waals surface area contributed by atoms with Crippen molar-refractivity contribution in [3.63, 3.8) is 0 Å². The third-order valence-corrected chi connectivity index (χ3v) is 6.67. The zero-order chi connectivity index (χ0) is 26.7. The summed E-state index contributed by atoms with van der Waals surface area (Å²) in [5.74, 6) is -2.99. The van der Waals surface area contributed by atoms with E-state index in [9.17, 15) is 19.2 Å². The van der Waals surface area contributed by atoms with Gasteiger partial charge in [-0.15, -0.1) is 0 Å². The van der Waals surface area contributed by atoms with E-state index in [4.69, 9.17) is 9.31 Å². The van der Waals surface area contributed by atoms with Crippen molar-refractivity contribution in [2.45, 2.75) is 64.7 Å². The van der Waals surface area contributed by atoms with Gasteiger partial charge in [-0.2, -0.15) is 0 Å². The van der Waals surface area contributed by atoms with E-state index in [1.807, 2.05) is 44.2 Å². The zero-order valence-electron chi connectivity index (χ0n) is 21.2. The second-order valence-corrected chi connectivity index (χ2v) is 9.81. The molecule has 2 aromatic rings. The van der Waals surface area contributed by atoms with Gasteiger partial charge in [0.1, 0.15) is 11.7 Å². The minimum absolute atomic E-state index is 0.0509. The largest absolute Gasteiger partial charge is 0.706 e. The van der Waals surface area contributed by atoms with Crippen LogP contribution in [-0.2, 0) is 34.4 Å². The maximum atomic E-state index is 13.7. The lowest BCUT2D eigenvalue weighted by Crippen LogP contribution is -2.64. The fourth-order valence-corrected chi connectivity index (χ4v) is 4.93. The van der Waals surface area contributed by atoms with Crippen LogP contribution in [0.2, 0.25) is 0 Å². The van der Waals surface area contributed by atoms with E-state index < -0.39 is 54.7 Å². The van der Waals surface area contributed by atoms with Crippen molar-refractivity contribution < 1.29 is 32.8 Å². The number of amides is 2. The molecule has 12 heteroatoms. The van der Waals surface area contributed by atoms with E-state index in [0.717, 1.165) is 5.56 Å². The van der Waals surface area contributed by atoms with Gasteiger partial charge in [0, 0.05) is 32.7 Å². The number of rotatable bonds is 9. The van der Waals surface area contributed by atoms with E-state index in [2.05, 4.69) is 24.9 Å². The molecule has 0 aliphatic carbocycles. The van der Waals surface area contributed by atoms with Gasteiger partial charge in [0.05, 0.1) is 12.1 Å². The smallest absolute Gasteiger partial charge is 0.577 e. The minimum atomic E-state index is -2.71. The zero-order valence-corrected chi connectivity index (χ0v) is 21.2. The minimum Gasteiger partial charge on any atom is -0.577 e. The topological polar surface area (TPSA) is 139 Å². The Labute approximate surface area is 215 Å². The molecule has 2 N–H and O–H groups in total. The van der Waals surface area contributed by atoms with Gasteiger partial charge in [-0.05, 0) is 17.9 Å². The Morgan fingerprint density at radius 3 is 2.24 bits per heavy atom. The van der Waals surface area contributed by atoms with Crippen LogP contribution in [0.4, 0.5) is 0 Å². The van der Waals surface area contributed by atoms with E-state index in [1.54, 1.807) is 13.8 Å². The van der Waals surface area contributed by atoms with Crippen LogP contribution in [0.25, 0.3) is 0 Å². The third-order valence-electron chi connectivity index (χ3n) is 6.67. The van der Waals surface area contributed by atoms with Gasteiger partial charge in [-0.3, -0.25) is 14.6 Å². The number of aromatic nitrogens is 2. The van der Waals surface area contributed by atoms with Gasteiger partial charge < -0.3 is 24.2 Å². The summed E-state index contributed by atoms with van der Waals surface area (Å²) in [5, 5.41) is 5.67. The van der Waals surface area contributed by atoms with Crippen LogP contribution in [0.15, 0.2) is 48.9 Å². The van der Waals surface area contributed by atoms with Crippen LogP contribution in [0.1, 0.15) is 50.2 Å². The summed E-state index contributed by atoms with van der Waals surface area (Å²) in [4.78, 5) is 59.6. The summed E-state index contributed by atoms with van der Waals surface area (Å²) in [6.07, 6.45) is 3.11. The van der Waals surface area contributed by atoms with Crippen LogP contribution in [0.5, 0.6) is 0 Å². The van der Waals surface area contributed by atoms with E-state index in [0.29, 0.717) is 6.42 Å². The summed E-state index contributed by atoms with van der Waals surface area (Å²) in [5.41, 5.74) is 0.887. The number of fused-ring (bicyclic) bond motifs is 1. The number of benzene rings is 1. The van der Waals surface area contributed by atoms with E-state index >= 15 is 0 Å². The average Bonchev–Trinajstić information content (AvgIpc) is 3.28. The Balaban J connectivity index is 1.63. The monoisotopic (exact) mass is 510 g/mol. The predicted molar refractivity (Wildman–Crippen MR) is 133 cm³/mol. The molecule has 3 heterocycles. The van der Waals surface area contributed by atoms with Crippen molar-refractivity contribution in [1.82, 2.24) is 20.6 Å². The molecule has 2 fully saturated rings. The molecule has 4 atom stereocenters. The Bertz CT molecular complexity index is 1140. The molecular weight excluding hydrogens is 479 g/mol. The van der Waals surface area contributed by atoms with Crippen LogP contribution in [0, 0.1) is 5.92 Å². The lowest BCUT2D eigenvalue weighted by atomic mass is 9.65. The Morgan fingerprint density at radius 2 is 1.68 bits per heavy atom. The molecule has 1 aromatic carbocycles. The Kier molecular flexibility index (Phi) is 7.58. The van der Waals surface area contributed by atoms with E-state index in [1.165, 1.54) is 18.6 Å². The second kappa shape index (κ2) is 10.7. The number of hydrogen-bond acceptors (Lipinski definition) is 8. The molecule has 1 aromatic heterocycles. The van der Waals surface area contributed by atoms with Crippen molar-refractivity contribution in [3.05, 3.63) is 60.2 Å². The molecule has 0 unspecified atom stereocenters. The number of carbonyl (C=O) groups excluding carboxylic acids is 4. The molecule has 2 amide bonds. The van der Waals surface area contributed by atoms with Gasteiger partial charge in [0.2, 0.25) is 18.1 Å². The van der Waals surface area contributed by atoms with Crippen molar-refractivity contribution in [2.24, 2.45) is 5.92 Å². The summed E-state index contributed by atoms with van der Waals surface area (Å²) >= 11 is 0. The normalized spacial score (nSPS) is 22.1. The molecule has 2 aliphatic heterocycles. The highest BCUT2D eigenvalue weighted by Gasteiger charge is 2.72. The number of nitrogens with zero attached hydrogens (tertiary/aromatic N) is 2.